The summed E-state index contributed by atoms with van der Waals surface area (Å²) in [6.07, 6.45) is 0.697. The summed E-state index contributed by atoms with van der Waals surface area (Å²) in [4.78, 5) is 22.3. The Morgan fingerprint density at radius 2 is 1.75 bits per heavy atom. The number of rotatable bonds is 8. The van der Waals surface area contributed by atoms with Crippen molar-refractivity contribution in [3.8, 4) is 5.75 Å². The van der Waals surface area contributed by atoms with Crippen molar-refractivity contribution in [2.45, 2.75) is 11.3 Å². The van der Waals surface area contributed by atoms with E-state index in [9.17, 15) is 13.2 Å². The van der Waals surface area contributed by atoms with Gasteiger partial charge in [-0.2, -0.15) is 0 Å². The lowest BCUT2D eigenvalue weighted by Crippen LogP contribution is -2.48. The minimum atomic E-state index is -3.68. The molecule has 0 spiro atoms. The number of thiazole rings is 1. The Kier molecular flexibility index (Phi) is 7.35. The minimum Gasteiger partial charge on any atom is -0.494 e. The molecule has 40 heavy (non-hydrogen) atoms. The van der Waals surface area contributed by atoms with Gasteiger partial charge >= 0.3 is 0 Å². The Morgan fingerprint density at radius 1 is 0.975 bits per heavy atom. The number of ether oxygens (including phenoxy) is 1. The Balaban J connectivity index is 0.993. The number of methoxy groups -OCH3 is 1. The van der Waals surface area contributed by atoms with Gasteiger partial charge in [0.2, 0.25) is 0 Å². The number of piperazine rings is 1. The van der Waals surface area contributed by atoms with Gasteiger partial charge in [-0.05, 0) is 54.4 Å². The third-order valence-corrected chi connectivity index (χ3v) is 10.4. The Bertz CT molecular complexity index is 1630. The number of nitrogens with one attached hydrogen (secondary N) is 1. The Morgan fingerprint density at radius 3 is 2.52 bits per heavy atom. The summed E-state index contributed by atoms with van der Waals surface area (Å²) in [5.41, 5.74) is 3.10. The highest BCUT2D eigenvalue weighted by Crippen LogP contribution is 2.35. The Labute approximate surface area is 238 Å². The minimum absolute atomic E-state index is 0.185. The molecule has 208 valence electrons. The molecular formula is C29H31N5O4S2. The standard InChI is InChI=1S/C29H31N5O4S2/c1-38-25-7-4-8-26-27(25)31-29(39-26)33-19-17-32(18-20-33)16-14-30-28(35)22-9-11-23(12-10-22)40(36,37)34-15-13-21-5-2-3-6-24(21)34/h2-12H,13-20H2,1H3,(H,30,35). The molecule has 0 atom stereocenters. The van der Waals surface area contributed by atoms with E-state index in [4.69, 9.17) is 9.72 Å². The van der Waals surface area contributed by atoms with E-state index in [1.807, 2.05) is 36.4 Å². The molecule has 1 aromatic heterocycles. The van der Waals surface area contributed by atoms with Gasteiger partial charge in [0.05, 0.1) is 22.4 Å². The Hall–Kier alpha value is -3.67. The van der Waals surface area contributed by atoms with Crippen LogP contribution in [0.2, 0.25) is 0 Å². The number of carbonyl (C=O) groups is 1. The van der Waals surface area contributed by atoms with E-state index in [2.05, 4.69) is 21.2 Å². The fourth-order valence-electron chi connectivity index (χ4n) is 5.27. The molecule has 0 bridgehead atoms. The third kappa shape index (κ3) is 5.12. The van der Waals surface area contributed by atoms with Crippen LogP contribution in [0, 0.1) is 0 Å². The molecule has 1 saturated heterocycles. The van der Waals surface area contributed by atoms with E-state index in [0.717, 1.165) is 65.1 Å². The van der Waals surface area contributed by atoms with E-state index in [1.54, 1.807) is 30.6 Å². The van der Waals surface area contributed by atoms with Gasteiger partial charge < -0.3 is 15.0 Å². The zero-order chi connectivity index (χ0) is 27.7. The van der Waals surface area contributed by atoms with E-state index in [-0.39, 0.29) is 10.8 Å². The van der Waals surface area contributed by atoms with Crippen LogP contribution >= 0.6 is 11.3 Å². The van der Waals surface area contributed by atoms with Gasteiger partial charge in [-0.15, -0.1) is 0 Å². The van der Waals surface area contributed by atoms with Crippen LogP contribution in [0.4, 0.5) is 10.8 Å². The largest absolute Gasteiger partial charge is 0.494 e. The van der Waals surface area contributed by atoms with E-state index >= 15 is 0 Å². The van der Waals surface area contributed by atoms with Crippen LogP contribution in [0.5, 0.6) is 5.75 Å². The normalized spacial score (nSPS) is 15.8. The molecule has 0 unspecified atom stereocenters. The van der Waals surface area contributed by atoms with Gasteiger partial charge in [-0.3, -0.25) is 14.0 Å². The van der Waals surface area contributed by atoms with Crippen molar-refractivity contribution >= 4 is 48.3 Å². The average molecular weight is 578 g/mol. The first-order valence-corrected chi connectivity index (χ1v) is 15.6. The fraction of sp³-hybridized carbons (Fsp3) is 0.310. The number of anilines is 2. The van der Waals surface area contributed by atoms with Crippen molar-refractivity contribution < 1.29 is 17.9 Å². The number of hydrogen-bond acceptors (Lipinski definition) is 8. The molecule has 2 aliphatic rings. The van der Waals surface area contributed by atoms with Gasteiger partial charge in [0.15, 0.2) is 5.13 Å². The summed E-state index contributed by atoms with van der Waals surface area (Å²) in [5, 5.41) is 3.97. The number of hydrogen-bond donors (Lipinski definition) is 1. The van der Waals surface area contributed by atoms with Crippen LogP contribution in [0.3, 0.4) is 0 Å². The SMILES string of the molecule is COc1cccc2sc(N3CCN(CCNC(=O)c4ccc(S(=O)(=O)N5CCc6ccccc65)cc4)CC3)nc12. The number of benzene rings is 3. The van der Waals surface area contributed by atoms with Crippen LogP contribution in [-0.2, 0) is 16.4 Å². The molecule has 11 heteroatoms. The first-order valence-electron chi connectivity index (χ1n) is 13.3. The lowest BCUT2D eigenvalue weighted by molar-refractivity contribution is 0.0947. The molecule has 3 aromatic carbocycles. The first kappa shape index (κ1) is 26.5. The predicted molar refractivity (Wildman–Crippen MR) is 158 cm³/mol. The molecule has 1 fully saturated rings. The van der Waals surface area contributed by atoms with Crippen LogP contribution in [0.15, 0.2) is 71.6 Å². The van der Waals surface area contributed by atoms with Crippen molar-refractivity contribution in [2.75, 3.05) is 62.1 Å². The smallest absolute Gasteiger partial charge is 0.264 e. The highest BCUT2D eigenvalue weighted by Gasteiger charge is 2.30. The molecule has 1 N–H and O–H groups in total. The predicted octanol–water partition coefficient (Wildman–Crippen LogP) is 3.61. The number of carbonyl (C=O) groups excluding carboxylic acids is 1. The summed E-state index contributed by atoms with van der Waals surface area (Å²) in [6, 6.07) is 19.7. The number of fused-ring (bicyclic) bond motifs is 2. The van der Waals surface area contributed by atoms with Crippen molar-refractivity contribution in [1.82, 2.24) is 15.2 Å². The van der Waals surface area contributed by atoms with Crippen molar-refractivity contribution in [3.63, 3.8) is 0 Å². The molecule has 3 heterocycles. The average Bonchev–Trinajstić information content (AvgIpc) is 3.63. The zero-order valence-corrected chi connectivity index (χ0v) is 23.9. The summed E-state index contributed by atoms with van der Waals surface area (Å²) in [6.45, 7) is 5.19. The molecular weight excluding hydrogens is 546 g/mol. The molecule has 2 aliphatic heterocycles. The zero-order valence-electron chi connectivity index (χ0n) is 22.2. The maximum atomic E-state index is 13.2. The number of amides is 1. The maximum Gasteiger partial charge on any atom is 0.264 e. The van der Waals surface area contributed by atoms with Crippen LogP contribution in [0.25, 0.3) is 10.2 Å². The molecule has 0 radical (unpaired) electrons. The second-order valence-electron chi connectivity index (χ2n) is 9.87. The summed E-state index contributed by atoms with van der Waals surface area (Å²) in [7, 11) is -2.01. The van der Waals surface area contributed by atoms with E-state index in [0.29, 0.717) is 25.1 Å². The van der Waals surface area contributed by atoms with Gasteiger partial charge in [0.1, 0.15) is 11.3 Å². The van der Waals surface area contributed by atoms with Crippen molar-refractivity contribution in [2.24, 2.45) is 0 Å². The van der Waals surface area contributed by atoms with Gasteiger partial charge in [-0.25, -0.2) is 13.4 Å². The fourth-order valence-corrected chi connectivity index (χ4v) is 7.81. The number of sulfonamides is 1. The lowest BCUT2D eigenvalue weighted by atomic mass is 10.2. The van der Waals surface area contributed by atoms with Crippen LogP contribution < -0.4 is 19.3 Å². The molecule has 1 amide bonds. The molecule has 4 aromatic rings. The van der Waals surface area contributed by atoms with Crippen LogP contribution in [0.1, 0.15) is 15.9 Å². The van der Waals surface area contributed by atoms with Crippen LogP contribution in [-0.4, -0.2) is 77.1 Å². The van der Waals surface area contributed by atoms with E-state index < -0.39 is 10.0 Å². The molecule has 0 saturated carbocycles. The van der Waals surface area contributed by atoms with Crippen molar-refractivity contribution in [3.05, 3.63) is 77.9 Å². The quantitative estimate of drug-likeness (QED) is 0.342. The van der Waals surface area contributed by atoms with Gasteiger partial charge in [0, 0.05) is 51.4 Å². The van der Waals surface area contributed by atoms with E-state index in [1.165, 1.54) is 16.4 Å². The number of nitrogens with zero attached hydrogens (tertiary/aromatic N) is 4. The second-order valence-corrected chi connectivity index (χ2v) is 12.7. The summed E-state index contributed by atoms with van der Waals surface area (Å²) < 4.78 is 34.5. The number of aromatic nitrogens is 1. The van der Waals surface area contributed by atoms with Crippen molar-refractivity contribution in [1.29, 1.82) is 0 Å². The lowest BCUT2D eigenvalue weighted by Gasteiger charge is -2.34. The highest BCUT2D eigenvalue weighted by atomic mass is 32.2. The molecule has 6 rings (SSSR count). The first-order chi connectivity index (χ1) is 19.4. The monoisotopic (exact) mass is 577 g/mol. The summed E-state index contributed by atoms with van der Waals surface area (Å²) >= 11 is 1.68. The van der Waals surface area contributed by atoms with Gasteiger partial charge in [-0.1, -0.05) is 35.6 Å². The highest BCUT2D eigenvalue weighted by molar-refractivity contribution is 7.92. The third-order valence-electron chi connectivity index (χ3n) is 7.50. The second kappa shape index (κ2) is 11.1. The molecule has 0 aliphatic carbocycles. The molecule has 9 nitrogen and oxygen atoms in total. The maximum absolute atomic E-state index is 13.2. The number of para-hydroxylation sites is 2. The van der Waals surface area contributed by atoms with Gasteiger partial charge in [0.25, 0.3) is 15.9 Å². The summed E-state index contributed by atoms with van der Waals surface area (Å²) in [5.74, 6) is 0.584. The topological polar surface area (TPSA) is 95.1 Å².